The number of allylic oxidation sites excluding steroid dienone is 18. The monoisotopic (exact) mass is 1130 g/mol. The lowest BCUT2D eigenvalue weighted by molar-refractivity contribution is -0.161. The van der Waals surface area contributed by atoms with Gasteiger partial charge < -0.3 is 14.6 Å². The van der Waals surface area contributed by atoms with E-state index in [1.165, 1.54) is 225 Å². The first-order chi connectivity index (χ1) is 40.1. The van der Waals surface area contributed by atoms with Crippen LogP contribution in [0, 0.1) is 0 Å². The number of aliphatic hydroxyl groups excluding tert-OH is 1. The van der Waals surface area contributed by atoms with E-state index >= 15 is 0 Å². The third kappa shape index (κ3) is 69.0. The maximum Gasteiger partial charge on any atom is 0.306 e. The Hall–Kier alpha value is -3.44. The molecule has 0 aliphatic carbocycles. The van der Waals surface area contributed by atoms with Gasteiger partial charge in [0.25, 0.3) is 0 Å². The molecular formula is C76H132O5. The first kappa shape index (κ1) is 77.6. The fourth-order valence-corrected chi connectivity index (χ4v) is 10.2. The molecule has 0 heterocycles. The van der Waals surface area contributed by atoms with Gasteiger partial charge in [-0.15, -0.1) is 0 Å². The van der Waals surface area contributed by atoms with E-state index in [4.69, 9.17) is 9.47 Å². The Kier molecular flexibility index (Phi) is 67.8. The number of carbonyl (C=O) groups excluding carboxylic acids is 2. The Balaban J connectivity index is 3.50. The second-order valence-electron chi connectivity index (χ2n) is 23.2. The topological polar surface area (TPSA) is 72.8 Å². The maximum atomic E-state index is 12.3. The number of unbranched alkanes of at least 4 members (excludes halogenated alkanes) is 38. The second-order valence-corrected chi connectivity index (χ2v) is 23.2. The molecule has 0 saturated carbocycles. The molecule has 0 aliphatic rings. The van der Waals surface area contributed by atoms with Crippen molar-refractivity contribution in [3.8, 4) is 0 Å². The average Bonchev–Trinajstić information content (AvgIpc) is 3.47. The number of esters is 2. The highest BCUT2D eigenvalue weighted by atomic mass is 16.6. The van der Waals surface area contributed by atoms with Crippen LogP contribution in [0.25, 0.3) is 0 Å². The van der Waals surface area contributed by atoms with Crippen LogP contribution in [0.4, 0.5) is 0 Å². The summed E-state index contributed by atoms with van der Waals surface area (Å²) in [4.78, 5) is 24.6. The number of carbonyl (C=O) groups is 2. The van der Waals surface area contributed by atoms with Crippen LogP contribution >= 0.6 is 0 Å². The molecule has 0 aromatic rings. The molecule has 0 spiro atoms. The zero-order valence-corrected chi connectivity index (χ0v) is 53.5. The largest absolute Gasteiger partial charge is 0.462 e. The van der Waals surface area contributed by atoms with Crippen LogP contribution in [0.1, 0.15) is 341 Å². The first-order valence-corrected chi connectivity index (χ1v) is 34.9. The van der Waals surface area contributed by atoms with Crippen molar-refractivity contribution in [1.29, 1.82) is 0 Å². The van der Waals surface area contributed by atoms with E-state index in [1.54, 1.807) is 0 Å². The summed E-state index contributed by atoms with van der Waals surface area (Å²) in [5, 5.41) is 9.68. The minimum atomic E-state index is -0.811. The van der Waals surface area contributed by atoms with Crippen molar-refractivity contribution in [3.63, 3.8) is 0 Å². The number of rotatable bonds is 64. The normalized spacial score (nSPS) is 12.9. The molecule has 0 rings (SSSR count). The third-order valence-electron chi connectivity index (χ3n) is 15.3. The Morgan fingerprint density at radius 3 is 0.790 bits per heavy atom. The van der Waals surface area contributed by atoms with E-state index in [1.807, 2.05) is 0 Å². The van der Waals surface area contributed by atoms with Crippen molar-refractivity contribution in [1.82, 2.24) is 0 Å². The van der Waals surface area contributed by atoms with Crippen LogP contribution in [0.3, 0.4) is 0 Å². The molecule has 1 unspecified atom stereocenters. The van der Waals surface area contributed by atoms with Gasteiger partial charge in [0.05, 0.1) is 6.61 Å². The predicted molar refractivity (Wildman–Crippen MR) is 357 cm³/mol. The van der Waals surface area contributed by atoms with Gasteiger partial charge in [-0.3, -0.25) is 9.59 Å². The molecule has 0 fully saturated rings. The quantitative estimate of drug-likeness (QED) is 0.0373. The summed E-state index contributed by atoms with van der Waals surface area (Å²) in [6, 6.07) is 0. The predicted octanol–water partition coefficient (Wildman–Crippen LogP) is 24.4. The van der Waals surface area contributed by atoms with E-state index in [0.717, 1.165) is 83.5 Å². The van der Waals surface area contributed by atoms with Crippen molar-refractivity contribution in [2.24, 2.45) is 0 Å². The van der Waals surface area contributed by atoms with Gasteiger partial charge in [0.1, 0.15) is 6.61 Å². The second kappa shape index (κ2) is 70.8. The summed E-state index contributed by atoms with van der Waals surface area (Å²) in [6.45, 7) is 4.01. The summed E-state index contributed by atoms with van der Waals surface area (Å²) in [6.07, 6.45) is 103. The number of aliphatic hydroxyl groups is 1. The molecule has 0 saturated heterocycles. The lowest BCUT2D eigenvalue weighted by Gasteiger charge is -2.15. The van der Waals surface area contributed by atoms with E-state index in [2.05, 4.69) is 123 Å². The zero-order chi connectivity index (χ0) is 58.4. The molecule has 0 amide bonds. The van der Waals surface area contributed by atoms with Crippen LogP contribution in [-0.2, 0) is 19.1 Å². The van der Waals surface area contributed by atoms with Crippen molar-refractivity contribution in [2.75, 3.05) is 13.2 Å². The first-order valence-electron chi connectivity index (χ1n) is 34.9. The molecular weight excluding hydrogens is 993 g/mol. The molecule has 0 bridgehead atoms. The molecule has 0 radical (unpaired) electrons. The zero-order valence-electron chi connectivity index (χ0n) is 53.5. The highest BCUT2D eigenvalue weighted by Crippen LogP contribution is 2.18. The summed E-state index contributed by atoms with van der Waals surface area (Å²) in [5.41, 5.74) is 0. The van der Waals surface area contributed by atoms with Crippen molar-refractivity contribution in [2.45, 2.75) is 347 Å². The van der Waals surface area contributed by atoms with Crippen LogP contribution in [-0.4, -0.2) is 36.4 Å². The van der Waals surface area contributed by atoms with Crippen LogP contribution < -0.4 is 0 Å². The van der Waals surface area contributed by atoms with Crippen LogP contribution in [0.5, 0.6) is 0 Å². The summed E-state index contributed by atoms with van der Waals surface area (Å²) in [5.74, 6) is -0.654. The Labute approximate surface area is 503 Å². The molecule has 81 heavy (non-hydrogen) atoms. The van der Waals surface area contributed by atoms with Gasteiger partial charge >= 0.3 is 11.9 Å². The average molecular weight is 1130 g/mol. The minimum Gasteiger partial charge on any atom is -0.462 e. The molecule has 5 nitrogen and oxygen atoms in total. The fourth-order valence-electron chi connectivity index (χ4n) is 10.2. The Morgan fingerprint density at radius 2 is 0.531 bits per heavy atom. The molecule has 0 aromatic carbocycles. The molecule has 1 N–H and O–H groups in total. The van der Waals surface area contributed by atoms with Gasteiger partial charge in [-0.25, -0.2) is 0 Å². The summed E-state index contributed by atoms with van der Waals surface area (Å²) in [7, 11) is 0. The van der Waals surface area contributed by atoms with Gasteiger partial charge in [0, 0.05) is 12.8 Å². The maximum absolute atomic E-state index is 12.3. The van der Waals surface area contributed by atoms with Crippen molar-refractivity contribution in [3.05, 3.63) is 109 Å². The number of ether oxygens (including phenoxy) is 2. The molecule has 1 atom stereocenters. The molecule has 0 aromatic heterocycles. The Morgan fingerprint density at radius 1 is 0.296 bits per heavy atom. The molecule has 5 heteroatoms. The highest BCUT2D eigenvalue weighted by Gasteiger charge is 2.16. The van der Waals surface area contributed by atoms with Crippen LogP contribution in [0.2, 0.25) is 0 Å². The van der Waals surface area contributed by atoms with E-state index in [9.17, 15) is 14.7 Å². The lowest BCUT2D eigenvalue weighted by Crippen LogP contribution is -2.28. The van der Waals surface area contributed by atoms with Gasteiger partial charge in [-0.05, 0) is 77.0 Å². The summed E-state index contributed by atoms with van der Waals surface area (Å²) < 4.78 is 10.7. The number of hydrogen-bond acceptors (Lipinski definition) is 5. The van der Waals surface area contributed by atoms with Gasteiger partial charge in [0.2, 0.25) is 0 Å². The molecule has 466 valence electrons. The highest BCUT2D eigenvalue weighted by molar-refractivity contribution is 5.70. The minimum absolute atomic E-state index is 0.0925. The standard InChI is InChI=1S/C76H132O5/c1-3-5-7-9-11-13-15-17-19-21-23-25-27-29-31-33-34-35-36-37-38-39-40-41-43-44-46-48-50-52-54-56-58-60-62-64-66-68-70-75(78)80-73-74(72-77)81-76(79)71-69-67-65-63-61-59-57-55-53-51-49-47-45-42-32-30-28-26-24-22-20-18-16-14-12-10-8-6-4-2/h6,8,12,14,18,20,24,26,30,32,45,47,51,53,57,59,63,65,74,77H,3-5,7,9-11,13,15-17,19,21-23,25,27-29,31,33-44,46,48-50,52,54-56,58,60-62,64,66-73H2,1-2H3/b8-6-,14-12-,20-18-,26-24-,32-30-,47-45-,53-51-,59-57-,65-63-. The fraction of sp³-hybridized carbons (Fsp3) is 0.737. The van der Waals surface area contributed by atoms with E-state index in [-0.39, 0.29) is 31.6 Å². The van der Waals surface area contributed by atoms with E-state index in [0.29, 0.717) is 12.8 Å². The van der Waals surface area contributed by atoms with Gasteiger partial charge in [0.15, 0.2) is 6.10 Å². The summed E-state index contributed by atoms with van der Waals surface area (Å²) >= 11 is 0. The van der Waals surface area contributed by atoms with Gasteiger partial charge in [-0.2, -0.15) is 0 Å². The lowest BCUT2D eigenvalue weighted by atomic mass is 10.0. The molecule has 0 aliphatic heterocycles. The van der Waals surface area contributed by atoms with Crippen molar-refractivity contribution < 1.29 is 24.2 Å². The van der Waals surface area contributed by atoms with Gasteiger partial charge in [-0.1, -0.05) is 361 Å². The number of hydrogen-bond donors (Lipinski definition) is 1. The van der Waals surface area contributed by atoms with Crippen LogP contribution in [0.15, 0.2) is 109 Å². The smallest absolute Gasteiger partial charge is 0.306 e. The SMILES string of the molecule is CC/C=C\C/C=C\C/C=C\C/C=C\C/C=C\C/C=C\C/C=C\C/C=C\C/C=C\CCCC(=O)OC(CO)COC(=O)CCCCCCCCCCCCCCCCCCCCCCCCCCCCCCCCCCCCCCCC. The third-order valence-corrected chi connectivity index (χ3v) is 15.3. The van der Waals surface area contributed by atoms with Crippen molar-refractivity contribution >= 4 is 11.9 Å². The van der Waals surface area contributed by atoms with E-state index < -0.39 is 6.10 Å². The Bertz CT molecular complexity index is 1560.